The lowest BCUT2D eigenvalue weighted by molar-refractivity contribution is -0.153. The Labute approximate surface area is 149 Å². The molecule has 5 heteroatoms. The van der Waals surface area contributed by atoms with Crippen LogP contribution in [0.4, 0.5) is 0 Å². The van der Waals surface area contributed by atoms with Gasteiger partial charge in [0.25, 0.3) is 0 Å². The Morgan fingerprint density at radius 2 is 1.64 bits per heavy atom. The van der Waals surface area contributed by atoms with Crippen molar-refractivity contribution in [2.45, 2.75) is 32.5 Å². The van der Waals surface area contributed by atoms with Crippen LogP contribution in [0.25, 0.3) is 0 Å². The molecule has 0 aromatic heterocycles. The van der Waals surface area contributed by atoms with Crippen LogP contribution in [0.3, 0.4) is 0 Å². The first-order chi connectivity index (χ1) is 12.0. The first-order valence-electron chi connectivity index (χ1n) is 8.52. The molecule has 2 aromatic rings. The second-order valence-electron chi connectivity index (χ2n) is 6.08. The molecule has 0 saturated carbocycles. The van der Waals surface area contributed by atoms with Crippen molar-refractivity contribution < 1.29 is 18.6 Å². The van der Waals surface area contributed by atoms with Gasteiger partial charge in [0.1, 0.15) is 6.61 Å². The number of hydrogen-bond acceptors (Lipinski definition) is 4. The summed E-state index contributed by atoms with van der Waals surface area (Å²) in [4.78, 5) is 12.6. The Hall–Kier alpha value is -1.90. The number of ether oxygens (including phenoxy) is 1. The monoisotopic (exact) mass is 360 g/mol. The zero-order valence-electron chi connectivity index (χ0n) is 14.8. The van der Waals surface area contributed by atoms with Gasteiger partial charge >= 0.3 is 5.97 Å². The van der Waals surface area contributed by atoms with Gasteiger partial charge in [0, 0.05) is 12.8 Å². The van der Waals surface area contributed by atoms with Gasteiger partial charge in [-0.1, -0.05) is 74.0 Å². The quantitative estimate of drug-likeness (QED) is 0.456. The van der Waals surface area contributed by atoms with Crippen LogP contribution in [-0.2, 0) is 25.2 Å². The number of esters is 1. The summed E-state index contributed by atoms with van der Waals surface area (Å²) in [7, 11) is -2.88. The number of hydrogen-bond donors (Lipinski definition) is 0. The van der Waals surface area contributed by atoms with E-state index in [-0.39, 0.29) is 6.61 Å². The van der Waals surface area contributed by atoms with E-state index in [4.69, 9.17) is 9.26 Å². The normalized spacial score (nSPS) is 14.5. The van der Waals surface area contributed by atoms with Gasteiger partial charge in [-0.2, -0.15) is 0 Å². The standard InChI is InChI=1S/C20H25O4P/c1-3-4-15-25(2,22)24-19(18-13-9-6-10-14-18)20(21)23-16-17-11-7-5-8-12-17/h5-14,19H,3-4,15-16H2,1-2H3. The number of benzene rings is 2. The lowest BCUT2D eigenvalue weighted by Crippen LogP contribution is -2.18. The van der Waals surface area contributed by atoms with Crippen molar-refractivity contribution in [1.82, 2.24) is 0 Å². The van der Waals surface area contributed by atoms with Crippen LogP contribution in [0.15, 0.2) is 60.7 Å². The fourth-order valence-electron chi connectivity index (χ4n) is 2.39. The van der Waals surface area contributed by atoms with Crippen molar-refractivity contribution in [3.8, 4) is 0 Å². The summed E-state index contributed by atoms with van der Waals surface area (Å²) in [5, 5.41) is 0. The first-order valence-corrected chi connectivity index (χ1v) is 10.8. The average Bonchev–Trinajstić information content (AvgIpc) is 2.64. The zero-order chi connectivity index (χ0) is 18.1. The minimum Gasteiger partial charge on any atom is -0.459 e. The SMILES string of the molecule is CCCCP(C)(=O)OC(C(=O)OCc1ccccc1)c1ccccc1. The van der Waals surface area contributed by atoms with E-state index in [0.717, 1.165) is 18.4 Å². The lowest BCUT2D eigenvalue weighted by Gasteiger charge is -2.22. The van der Waals surface area contributed by atoms with Gasteiger partial charge in [0.2, 0.25) is 7.37 Å². The molecule has 25 heavy (non-hydrogen) atoms. The highest BCUT2D eigenvalue weighted by molar-refractivity contribution is 7.58. The maximum Gasteiger partial charge on any atom is 0.340 e. The summed E-state index contributed by atoms with van der Waals surface area (Å²) in [6.07, 6.45) is 1.21. The van der Waals surface area contributed by atoms with E-state index in [0.29, 0.717) is 11.7 Å². The average molecular weight is 360 g/mol. The molecule has 0 bridgehead atoms. The minimum absolute atomic E-state index is 0.162. The Morgan fingerprint density at radius 3 is 2.24 bits per heavy atom. The maximum atomic E-state index is 12.7. The number of carbonyl (C=O) groups is 1. The largest absolute Gasteiger partial charge is 0.459 e. The first kappa shape index (κ1) is 19.4. The molecule has 2 atom stereocenters. The van der Waals surface area contributed by atoms with Gasteiger partial charge in [-0.3, -0.25) is 4.57 Å². The van der Waals surface area contributed by atoms with Crippen molar-refractivity contribution in [1.29, 1.82) is 0 Å². The molecule has 0 spiro atoms. The summed E-state index contributed by atoms with van der Waals surface area (Å²) in [5.41, 5.74) is 1.55. The molecule has 134 valence electrons. The molecule has 2 aromatic carbocycles. The third kappa shape index (κ3) is 6.49. The van der Waals surface area contributed by atoms with Crippen LogP contribution in [-0.4, -0.2) is 18.8 Å². The molecular weight excluding hydrogens is 335 g/mol. The van der Waals surface area contributed by atoms with Crippen molar-refractivity contribution in [2.75, 3.05) is 12.8 Å². The molecule has 0 amide bonds. The van der Waals surface area contributed by atoms with Crippen LogP contribution in [0.2, 0.25) is 0 Å². The lowest BCUT2D eigenvalue weighted by atomic mass is 10.1. The van der Waals surface area contributed by atoms with Crippen LogP contribution in [0, 0.1) is 0 Å². The van der Waals surface area contributed by atoms with Crippen molar-refractivity contribution in [3.63, 3.8) is 0 Å². The molecule has 0 fully saturated rings. The van der Waals surface area contributed by atoms with Gasteiger partial charge in [0.05, 0.1) is 0 Å². The molecule has 2 rings (SSSR count). The second kappa shape index (κ2) is 9.55. The molecular formula is C20H25O4P. The summed E-state index contributed by atoms with van der Waals surface area (Å²) in [6.45, 7) is 3.78. The van der Waals surface area contributed by atoms with Crippen molar-refractivity contribution in [2.24, 2.45) is 0 Å². The van der Waals surface area contributed by atoms with Crippen molar-refractivity contribution in [3.05, 3.63) is 71.8 Å². The summed E-state index contributed by atoms with van der Waals surface area (Å²) >= 11 is 0. The summed E-state index contributed by atoms with van der Waals surface area (Å²) in [5.74, 6) is -0.520. The van der Waals surface area contributed by atoms with Gasteiger partial charge < -0.3 is 9.26 Å². The Morgan fingerprint density at radius 1 is 1.04 bits per heavy atom. The van der Waals surface area contributed by atoms with Crippen LogP contribution in [0.1, 0.15) is 37.0 Å². The van der Waals surface area contributed by atoms with Gasteiger partial charge in [-0.15, -0.1) is 0 Å². The molecule has 4 nitrogen and oxygen atoms in total. The van der Waals surface area contributed by atoms with E-state index in [2.05, 4.69) is 0 Å². The molecule has 0 N–H and O–H groups in total. The number of rotatable bonds is 9. The predicted octanol–water partition coefficient (Wildman–Crippen LogP) is 5.20. The van der Waals surface area contributed by atoms with E-state index in [1.807, 2.05) is 55.5 Å². The highest BCUT2D eigenvalue weighted by Crippen LogP contribution is 2.48. The third-order valence-electron chi connectivity index (χ3n) is 3.79. The van der Waals surface area contributed by atoms with E-state index < -0.39 is 19.4 Å². The highest BCUT2D eigenvalue weighted by Gasteiger charge is 2.30. The van der Waals surface area contributed by atoms with Crippen LogP contribution in [0.5, 0.6) is 0 Å². The number of carbonyl (C=O) groups excluding carboxylic acids is 1. The number of unbranched alkanes of at least 4 members (excludes halogenated alkanes) is 1. The summed E-state index contributed by atoms with van der Waals surface area (Å²) < 4.78 is 23.9. The van der Waals surface area contributed by atoms with Gasteiger partial charge in [-0.25, -0.2) is 4.79 Å². The fraction of sp³-hybridized carbons (Fsp3) is 0.350. The van der Waals surface area contributed by atoms with Crippen molar-refractivity contribution >= 4 is 13.3 Å². The predicted molar refractivity (Wildman–Crippen MR) is 99.8 cm³/mol. The van der Waals surface area contributed by atoms with E-state index >= 15 is 0 Å². The van der Waals surface area contributed by atoms with E-state index in [9.17, 15) is 9.36 Å². The van der Waals surface area contributed by atoms with Gasteiger partial charge in [0.15, 0.2) is 6.10 Å². The second-order valence-corrected chi connectivity index (χ2v) is 8.77. The van der Waals surface area contributed by atoms with Crippen LogP contribution < -0.4 is 0 Å². The topological polar surface area (TPSA) is 52.6 Å². The molecule has 0 aliphatic rings. The Kier molecular flexibility index (Phi) is 7.42. The summed E-state index contributed by atoms with van der Waals surface area (Å²) in [6, 6.07) is 18.5. The van der Waals surface area contributed by atoms with Gasteiger partial charge in [-0.05, 0) is 17.5 Å². The molecule has 0 aliphatic heterocycles. The van der Waals surface area contributed by atoms with E-state index in [1.165, 1.54) is 0 Å². The smallest absolute Gasteiger partial charge is 0.340 e. The molecule has 0 radical (unpaired) electrons. The van der Waals surface area contributed by atoms with Crippen LogP contribution >= 0.6 is 7.37 Å². The molecule has 2 unspecified atom stereocenters. The molecule has 0 heterocycles. The highest BCUT2D eigenvalue weighted by atomic mass is 31.2. The zero-order valence-corrected chi connectivity index (χ0v) is 15.7. The Balaban J connectivity index is 2.11. The Bertz CT molecular complexity index is 700. The third-order valence-corrected chi connectivity index (χ3v) is 5.57. The molecule has 0 aliphatic carbocycles. The van der Waals surface area contributed by atoms with E-state index in [1.54, 1.807) is 18.8 Å². The molecule has 0 saturated heterocycles. The minimum atomic E-state index is -2.88. The maximum absolute atomic E-state index is 12.7. The fourth-order valence-corrected chi connectivity index (χ4v) is 4.04.